The maximum Gasteiger partial charge on any atom is 0.162 e. The van der Waals surface area contributed by atoms with Gasteiger partial charge in [-0.15, -0.1) is 0 Å². The van der Waals surface area contributed by atoms with Crippen LogP contribution in [0.15, 0.2) is 36.2 Å². The summed E-state index contributed by atoms with van der Waals surface area (Å²) < 4.78 is 1.86. The fourth-order valence-corrected chi connectivity index (χ4v) is 4.18. The van der Waals surface area contributed by atoms with Crippen molar-refractivity contribution in [1.82, 2.24) is 19.7 Å². The molecule has 0 aromatic carbocycles. The normalized spacial score (nSPS) is 19.7. The topological polar surface area (TPSA) is 89.2 Å². The van der Waals surface area contributed by atoms with Crippen LogP contribution in [0.4, 0.5) is 11.6 Å². The zero-order chi connectivity index (χ0) is 20.2. The van der Waals surface area contributed by atoms with Crippen LogP contribution in [0, 0.1) is 0 Å². The molecule has 8 heteroatoms. The summed E-state index contributed by atoms with van der Waals surface area (Å²) in [6.07, 6.45) is 12.4. The number of aromatic nitrogens is 3. The lowest BCUT2D eigenvalue weighted by Crippen LogP contribution is -2.40. The summed E-state index contributed by atoms with van der Waals surface area (Å²) in [5.41, 5.74) is 3.08. The molecule has 2 aromatic heterocycles. The van der Waals surface area contributed by atoms with E-state index in [-0.39, 0.29) is 6.61 Å². The van der Waals surface area contributed by atoms with Gasteiger partial charge in [0.25, 0.3) is 0 Å². The minimum absolute atomic E-state index is 0.195. The first kappa shape index (κ1) is 19.7. The predicted octanol–water partition coefficient (Wildman–Crippen LogP) is 2.59. The Morgan fingerprint density at radius 3 is 3.00 bits per heavy atom. The van der Waals surface area contributed by atoms with E-state index in [2.05, 4.69) is 28.3 Å². The molecule has 0 unspecified atom stereocenters. The highest BCUT2D eigenvalue weighted by molar-refractivity contribution is 5.61. The lowest BCUT2D eigenvalue weighted by Gasteiger charge is -2.36. The number of piperidine rings is 1. The van der Waals surface area contributed by atoms with E-state index >= 15 is 0 Å². The van der Waals surface area contributed by atoms with Gasteiger partial charge in [-0.05, 0) is 43.8 Å². The summed E-state index contributed by atoms with van der Waals surface area (Å²) >= 11 is 0. The van der Waals surface area contributed by atoms with Crippen molar-refractivity contribution in [3.63, 3.8) is 0 Å². The Bertz CT molecular complexity index is 904. The van der Waals surface area contributed by atoms with Crippen molar-refractivity contribution in [1.29, 1.82) is 0 Å². The van der Waals surface area contributed by atoms with Crippen molar-refractivity contribution in [3.8, 4) is 0 Å². The Balaban J connectivity index is 1.66. The van der Waals surface area contributed by atoms with E-state index < -0.39 is 0 Å². The Hall–Kier alpha value is -2.58. The van der Waals surface area contributed by atoms with E-state index in [1.54, 1.807) is 6.20 Å². The summed E-state index contributed by atoms with van der Waals surface area (Å²) in [4.78, 5) is 7.30. The number of rotatable bonds is 7. The van der Waals surface area contributed by atoms with Gasteiger partial charge in [-0.3, -0.25) is 10.3 Å². The number of hydroxylamine groups is 2. The number of aliphatic hydroxyl groups excluding tert-OH is 1. The minimum Gasteiger partial charge on any atom is -0.396 e. The van der Waals surface area contributed by atoms with E-state index in [0.29, 0.717) is 19.1 Å². The lowest BCUT2D eigenvalue weighted by atomic mass is 9.99. The maximum absolute atomic E-state index is 9.70. The first-order valence-corrected chi connectivity index (χ1v) is 10.5. The monoisotopic (exact) mass is 398 g/mol. The quantitative estimate of drug-likeness (QED) is 0.660. The van der Waals surface area contributed by atoms with Crippen LogP contribution >= 0.6 is 0 Å². The number of aryl methyl sites for hydroxylation is 1. The van der Waals surface area contributed by atoms with Crippen LogP contribution in [0.2, 0.25) is 0 Å². The molecule has 0 spiro atoms. The molecule has 3 N–H and O–H groups in total. The Kier molecular flexibility index (Phi) is 6.01. The van der Waals surface area contributed by atoms with Gasteiger partial charge in [0.05, 0.1) is 12.7 Å². The first-order chi connectivity index (χ1) is 14.2. The van der Waals surface area contributed by atoms with Crippen LogP contribution in [0.5, 0.6) is 0 Å². The molecule has 29 heavy (non-hydrogen) atoms. The smallest absolute Gasteiger partial charge is 0.162 e. The van der Waals surface area contributed by atoms with Gasteiger partial charge in [0.1, 0.15) is 11.6 Å². The average molecular weight is 399 g/mol. The van der Waals surface area contributed by atoms with Gasteiger partial charge in [-0.2, -0.15) is 9.61 Å². The number of allylic oxidation sites excluding steroid dienone is 2. The molecule has 156 valence electrons. The average Bonchev–Trinajstić information content (AvgIpc) is 3.16. The second kappa shape index (κ2) is 8.84. The summed E-state index contributed by atoms with van der Waals surface area (Å²) in [6, 6.07) is 2.38. The van der Waals surface area contributed by atoms with Gasteiger partial charge in [-0.25, -0.2) is 4.98 Å². The minimum atomic E-state index is 0.195. The second-order valence-electron chi connectivity index (χ2n) is 7.73. The van der Waals surface area contributed by atoms with Gasteiger partial charge < -0.3 is 15.3 Å². The van der Waals surface area contributed by atoms with E-state index in [1.165, 1.54) is 11.5 Å². The van der Waals surface area contributed by atoms with Gasteiger partial charge in [-0.1, -0.05) is 13.0 Å². The summed E-state index contributed by atoms with van der Waals surface area (Å²) in [6.45, 7) is 4.36. The molecule has 0 radical (unpaired) electrons. The highest BCUT2D eigenvalue weighted by atomic mass is 16.5. The molecule has 4 rings (SSSR count). The zero-order valence-corrected chi connectivity index (χ0v) is 17.0. The maximum atomic E-state index is 9.70. The highest BCUT2D eigenvalue weighted by Gasteiger charge is 2.25. The molecule has 1 atom stereocenters. The molecule has 4 heterocycles. The highest BCUT2D eigenvalue weighted by Crippen LogP contribution is 2.29. The van der Waals surface area contributed by atoms with Gasteiger partial charge in [0, 0.05) is 43.6 Å². The number of hydrogen-bond acceptors (Lipinski definition) is 7. The molecule has 0 aliphatic carbocycles. The molecule has 0 bridgehead atoms. The summed E-state index contributed by atoms with van der Waals surface area (Å²) in [5.74, 6) is 1.83. The Labute approximate surface area is 171 Å². The van der Waals surface area contributed by atoms with Crippen molar-refractivity contribution in [2.24, 2.45) is 0 Å². The molecule has 0 saturated carbocycles. The predicted molar refractivity (Wildman–Crippen MR) is 113 cm³/mol. The van der Waals surface area contributed by atoms with Crippen molar-refractivity contribution < 1.29 is 10.3 Å². The van der Waals surface area contributed by atoms with E-state index in [1.807, 2.05) is 22.9 Å². The first-order valence-electron chi connectivity index (χ1n) is 10.5. The van der Waals surface area contributed by atoms with Crippen molar-refractivity contribution in [2.75, 3.05) is 36.5 Å². The van der Waals surface area contributed by atoms with Crippen LogP contribution in [0.3, 0.4) is 0 Å². The number of anilines is 2. The van der Waals surface area contributed by atoms with Crippen LogP contribution < -0.4 is 10.2 Å². The molecule has 8 nitrogen and oxygen atoms in total. The fraction of sp³-hybridized carbons (Fsp3) is 0.524. The molecule has 1 fully saturated rings. The van der Waals surface area contributed by atoms with Gasteiger partial charge in [0.15, 0.2) is 5.65 Å². The van der Waals surface area contributed by atoms with Crippen LogP contribution in [-0.2, 0) is 6.42 Å². The molecular formula is C21H30N6O2. The fourth-order valence-electron chi connectivity index (χ4n) is 4.18. The summed E-state index contributed by atoms with van der Waals surface area (Å²) in [7, 11) is 0. The standard InChI is InChI=1S/C21H30N6O2/c1-2-17-14-23-27-19(22-13-16-6-5-9-25(29)15-16)12-20(24-21(17)27)26-10-4-3-7-18(26)8-11-28/h5-6,9,12,14,18,22,28-29H,2-4,7-8,10-11,13,15H2,1H3/t18-/m0/s1. The second-order valence-corrected chi connectivity index (χ2v) is 7.73. The van der Waals surface area contributed by atoms with Gasteiger partial charge >= 0.3 is 0 Å². The third-order valence-electron chi connectivity index (χ3n) is 5.75. The van der Waals surface area contributed by atoms with Crippen molar-refractivity contribution in [2.45, 2.75) is 45.1 Å². The molecule has 2 aliphatic heterocycles. The Morgan fingerprint density at radius 2 is 2.21 bits per heavy atom. The number of fused-ring (bicyclic) bond motifs is 1. The lowest BCUT2D eigenvalue weighted by molar-refractivity contribution is -0.0329. The van der Waals surface area contributed by atoms with Gasteiger partial charge in [0.2, 0.25) is 0 Å². The Morgan fingerprint density at radius 1 is 1.31 bits per heavy atom. The van der Waals surface area contributed by atoms with E-state index in [0.717, 1.165) is 60.6 Å². The van der Waals surface area contributed by atoms with Crippen LogP contribution in [-0.4, -0.2) is 62.3 Å². The summed E-state index contributed by atoms with van der Waals surface area (Å²) in [5, 5.41) is 28.4. The number of aliphatic hydroxyl groups is 1. The molecular weight excluding hydrogens is 368 g/mol. The third kappa shape index (κ3) is 4.23. The van der Waals surface area contributed by atoms with E-state index in [4.69, 9.17) is 4.98 Å². The van der Waals surface area contributed by atoms with E-state index in [9.17, 15) is 10.3 Å². The van der Waals surface area contributed by atoms with Crippen molar-refractivity contribution in [3.05, 3.63) is 41.8 Å². The number of nitrogens with zero attached hydrogens (tertiary/aromatic N) is 5. The molecule has 2 aliphatic rings. The van der Waals surface area contributed by atoms with Crippen LogP contribution in [0.25, 0.3) is 5.65 Å². The third-order valence-corrected chi connectivity index (χ3v) is 5.75. The SMILES string of the molecule is CCc1cnn2c(NCC3=CC=CN(O)C3)cc(N3CCCC[C@H]3CCO)nc12. The molecule has 0 amide bonds. The van der Waals surface area contributed by atoms with Crippen LogP contribution in [0.1, 0.15) is 38.2 Å². The number of hydrogen-bond donors (Lipinski definition) is 3. The largest absolute Gasteiger partial charge is 0.396 e. The molecule has 1 saturated heterocycles. The number of nitrogens with one attached hydrogen (secondary N) is 1. The molecule has 2 aromatic rings. The van der Waals surface area contributed by atoms with Crippen molar-refractivity contribution >= 4 is 17.3 Å². The zero-order valence-electron chi connectivity index (χ0n) is 17.0.